The number of carbonyl (C=O) groups excluding carboxylic acids is 1. The molecule has 8 nitrogen and oxygen atoms in total. The number of ether oxygens (including phenoxy) is 2. The van der Waals surface area contributed by atoms with E-state index in [-0.39, 0.29) is 24.8 Å². The van der Waals surface area contributed by atoms with Crippen molar-refractivity contribution in [2.45, 2.75) is 39.0 Å². The molecule has 0 aliphatic carbocycles. The Kier molecular flexibility index (Phi) is 7.37. The fourth-order valence-corrected chi connectivity index (χ4v) is 3.35. The molecule has 160 valence electrons. The molecule has 0 radical (unpaired) electrons. The zero-order valence-corrected chi connectivity index (χ0v) is 17.7. The lowest BCUT2D eigenvalue weighted by Gasteiger charge is -2.23. The second-order valence-corrected chi connectivity index (χ2v) is 7.06. The normalized spacial score (nSPS) is 20.7. The predicted molar refractivity (Wildman–Crippen MR) is 118 cm³/mol. The molecular formula is C22H29N5O3. The molecule has 2 aromatic rings. The van der Waals surface area contributed by atoms with Crippen LogP contribution in [0, 0.1) is 0 Å². The fraction of sp³-hybridized carbons (Fsp3) is 0.409. The molecule has 2 atom stereocenters. The summed E-state index contributed by atoms with van der Waals surface area (Å²) in [6, 6.07) is 1.08. The first-order valence-electron chi connectivity index (χ1n) is 10.1. The summed E-state index contributed by atoms with van der Waals surface area (Å²) in [4.78, 5) is 17.3. The van der Waals surface area contributed by atoms with Gasteiger partial charge in [0.2, 0.25) is 0 Å². The molecule has 0 aromatic carbocycles. The molecule has 2 bridgehead atoms. The first-order valence-corrected chi connectivity index (χ1v) is 10.1. The number of pyridine rings is 1. The standard InChI is InChI=1S/C22H29N5O3/c1-5-7-8-9-15(3)19-14-30-13-17(29-4)11-18-21-16(12-23-27(21)6-2)10-20(24-18)26-22(28)25-19/h5,7-10,12,17,19H,3,6,11,13-14H2,1-2,4H3,(H2,24,25,26,28)/b7-5-,9-8-/t17?,19-/m1/s1. The molecule has 0 spiro atoms. The van der Waals surface area contributed by atoms with Crippen molar-refractivity contribution in [3.05, 3.63) is 54.4 Å². The molecule has 1 unspecified atom stereocenters. The summed E-state index contributed by atoms with van der Waals surface area (Å²) >= 11 is 0. The van der Waals surface area contributed by atoms with Crippen molar-refractivity contribution in [3.63, 3.8) is 0 Å². The number of aromatic nitrogens is 3. The van der Waals surface area contributed by atoms with Crippen molar-refractivity contribution in [2.75, 3.05) is 25.6 Å². The number of amides is 2. The number of carbonyl (C=O) groups is 1. The molecule has 1 aliphatic heterocycles. The second kappa shape index (κ2) is 10.2. The number of methoxy groups -OCH3 is 1. The van der Waals surface area contributed by atoms with Gasteiger partial charge < -0.3 is 14.8 Å². The zero-order valence-electron chi connectivity index (χ0n) is 17.7. The van der Waals surface area contributed by atoms with Crippen molar-refractivity contribution in [2.24, 2.45) is 0 Å². The van der Waals surface area contributed by atoms with Crippen LogP contribution in [0.1, 0.15) is 19.5 Å². The average molecular weight is 412 g/mol. The third-order valence-electron chi connectivity index (χ3n) is 4.94. The minimum Gasteiger partial charge on any atom is -0.379 e. The first kappa shape index (κ1) is 21.7. The number of allylic oxidation sites excluding steroid dienone is 3. The van der Waals surface area contributed by atoms with Gasteiger partial charge in [-0.1, -0.05) is 30.9 Å². The number of anilines is 1. The van der Waals surface area contributed by atoms with Crippen LogP contribution in [0.15, 0.2) is 48.7 Å². The van der Waals surface area contributed by atoms with Crippen LogP contribution in [0.4, 0.5) is 10.6 Å². The molecule has 1 aliphatic rings. The van der Waals surface area contributed by atoms with E-state index >= 15 is 0 Å². The lowest BCUT2D eigenvalue weighted by atomic mass is 10.1. The average Bonchev–Trinajstić information content (AvgIpc) is 3.14. The molecule has 2 N–H and O–H groups in total. The van der Waals surface area contributed by atoms with Gasteiger partial charge in [-0.3, -0.25) is 10.00 Å². The lowest BCUT2D eigenvalue weighted by molar-refractivity contribution is 0.00549. The Morgan fingerprint density at radius 2 is 2.27 bits per heavy atom. The fourth-order valence-electron chi connectivity index (χ4n) is 3.35. The van der Waals surface area contributed by atoms with E-state index in [1.54, 1.807) is 13.3 Å². The van der Waals surface area contributed by atoms with E-state index in [4.69, 9.17) is 9.47 Å². The van der Waals surface area contributed by atoms with E-state index in [0.29, 0.717) is 18.8 Å². The van der Waals surface area contributed by atoms with Gasteiger partial charge in [-0.15, -0.1) is 0 Å². The molecular weight excluding hydrogens is 382 g/mol. The van der Waals surface area contributed by atoms with E-state index in [9.17, 15) is 4.79 Å². The van der Waals surface area contributed by atoms with Gasteiger partial charge in [0.1, 0.15) is 5.82 Å². The van der Waals surface area contributed by atoms with Crippen LogP contribution >= 0.6 is 0 Å². The zero-order chi connectivity index (χ0) is 21.5. The number of hydrogen-bond acceptors (Lipinski definition) is 5. The molecule has 2 aromatic heterocycles. The van der Waals surface area contributed by atoms with Gasteiger partial charge in [-0.2, -0.15) is 5.10 Å². The Morgan fingerprint density at radius 1 is 1.43 bits per heavy atom. The van der Waals surface area contributed by atoms with Gasteiger partial charge in [0, 0.05) is 25.5 Å². The number of nitrogens with zero attached hydrogens (tertiary/aromatic N) is 3. The Labute approximate surface area is 176 Å². The summed E-state index contributed by atoms with van der Waals surface area (Å²) in [5, 5.41) is 11.1. The van der Waals surface area contributed by atoms with Crippen molar-refractivity contribution >= 4 is 22.8 Å². The van der Waals surface area contributed by atoms with Crippen LogP contribution in [0.25, 0.3) is 10.9 Å². The minimum atomic E-state index is -0.380. The van der Waals surface area contributed by atoms with E-state index in [1.807, 2.05) is 48.9 Å². The molecule has 30 heavy (non-hydrogen) atoms. The van der Waals surface area contributed by atoms with Crippen molar-refractivity contribution in [1.82, 2.24) is 20.1 Å². The maximum atomic E-state index is 12.6. The lowest BCUT2D eigenvalue weighted by Crippen LogP contribution is -2.42. The van der Waals surface area contributed by atoms with Crippen molar-refractivity contribution in [1.29, 1.82) is 0 Å². The highest BCUT2D eigenvalue weighted by atomic mass is 16.5. The Bertz CT molecular complexity index is 963. The van der Waals surface area contributed by atoms with Gasteiger partial charge in [0.25, 0.3) is 0 Å². The van der Waals surface area contributed by atoms with E-state index < -0.39 is 0 Å². The molecule has 0 fully saturated rings. The molecule has 0 saturated carbocycles. The number of hydrogen-bond donors (Lipinski definition) is 2. The number of fused-ring (bicyclic) bond motifs is 4. The second-order valence-electron chi connectivity index (χ2n) is 7.06. The smallest absolute Gasteiger partial charge is 0.320 e. The van der Waals surface area contributed by atoms with Crippen LogP contribution in [0.3, 0.4) is 0 Å². The maximum Gasteiger partial charge on any atom is 0.320 e. The number of nitrogens with one attached hydrogen (secondary N) is 2. The van der Waals surface area contributed by atoms with Gasteiger partial charge in [0.15, 0.2) is 0 Å². The Hall–Kier alpha value is -2.97. The van der Waals surface area contributed by atoms with Gasteiger partial charge in [-0.05, 0) is 25.5 Å². The van der Waals surface area contributed by atoms with Crippen LogP contribution in [0.2, 0.25) is 0 Å². The number of urea groups is 1. The van der Waals surface area contributed by atoms with Crippen LogP contribution in [-0.2, 0) is 22.4 Å². The number of aryl methyl sites for hydroxylation is 1. The largest absolute Gasteiger partial charge is 0.379 e. The maximum absolute atomic E-state index is 12.6. The van der Waals surface area contributed by atoms with Crippen LogP contribution < -0.4 is 10.6 Å². The van der Waals surface area contributed by atoms with E-state index in [1.165, 1.54) is 0 Å². The summed E-state index contributed by atoms with van der Waals surface area (Å²) < 4.78 is 13.4. The molecule has 3 rings (SSSR count). The summed E-state index contributed by atoms with van der Waals surface area (Å²) in [7, 11) is 1.66. The minimum absolute atomic E-state index is 0.182. The highest BCUT2D eigenvalue weighted by Gasteiger charge is 2.21. The van der Waals surface area contributed by atoms with Crippen LogP contribution in [0.5, 0.6) is 0 Å². The van der Waals surface area contributed by atoms with Gasteiger partial charge >= 0.3 is 6.03 Å². The Balaban J connectivity index is 1.93. The SMILES string of the molecule is C=C(/C=C\C=C/C)[C@H]1COCC(OC)Cc2nc(cc3cnn(CC)c23)NC(=O)N1. The summed E-state index contributed by atoms with van der Waals surface area (Å²) in [5.74, 6) is 0.468. The van der Waals surface area contributed by atoms with E-state index in [0.717, 1.165) is 28.7 Å². The van der Waals surface area contributed by atoms with Crippen molar-refractivity contribution < 1.29 is 14.3 Å². The molecule has 0 saturated heterocycles. The first-order chi connectivity index (χ1) is 14.5. The highest BCUT2D eigenvalue weighted by molar-refractivity contribution is 5.92. The Morgan fingerprint density at radius 3 is 3.00 bits per heavy atom. The number of rotatable bonds is 5. The molecule has 3 heterocycles. The van der Waals surface area contributed by atoms with Gasteiger partial charge in [-0.25, -0.2) is 9.78 Å². The summed E-state index contributed by atoms with van der Waals surface area (Å²) in [5.41, 5.74) is 2.50. The highest BCUT2D eigenvalue weighted by Crippen LogP contribution is 2.23. The van der Waals surface area contributed by atoms with Gasteiger partial charge in [0.05, 0.1) is 42.8 Å². The molecule has 8 heteroatoms. The molecule has 2 amide bonds. The third kappa shape index (κ3) is 5.14. The topological polar surface area (TPSA) is 90.3 Å². The summed E-state index contributed by atoms with van der Waals surface area (Å²) in [6.45, 7) is 9.42. The van der Waals surface area contributed by atoms with Crippen molar-refractivity contribution in [3.8, 4) is 0 Å². The van der Waals surface area contributed by atoms with E-state index in [2.05, 4.69) is 27.3 Å². The summed E-state index contributed by atoms with van der Waals surface area (Å²) in [6.07, 6.45) is 9.71. The monoisotopic (exact) mass is 411 g/mol. The predicted octanol–water partition coefficient (Wildman–Crippen LogP) is 3.22. The quantitative estimate of drug-likeness (QED) is 0.738. The third-order valence-corrected chi connectivity index (χ3v) is 4.94. The van der Waals surface area contributed by atoms with Crippen LogP contribution in [-0.4, -0.2) is 53.3 Å².